The Morgan fingerprint density at radius 3 is 2.40 bits per heavy atom. The van der Waals surface area contributed by atoms with Gasteiger partial charge in [-0.1, -0.05) is 44.9 Å². The normalized spacial score (nSPS) is 17.9. The van der Waals surface area contributed by atoms with Crippen LogP contribution >= 0.6 is 11.6 Å². The van der Waals surface area contributed by atoms with Crippen molar-refractivity contribution in [1.29, 1.82) is 0 Å². The second-order valence-electron chi connectivity index (χ2n) is 7.25. The summed E-state index contributed by atoms with van der Waals surface area (Å²) in [6.07, 6.45) is 5.75. The van der Waals surface area contributed by atoms with Crippen molar-refractivity contribution in [3.05, 3.63) is 34.1 Å². The number of halogens is 2. The van der Waals surface area contributed by atoms with Crippen molar-refractivity contribution in [1.82, 2.24) is 0 Å². The molecular weight excluding hydrogens is 273 g/mol. The second-order valence-corrected chi connectivity index (χ2v) is 7.65. The minimum Gasteiger partial charge on any atom is -0.330 e. The van der Waals surface area contributed by atoms with E-state index in [9.17, 15) is 4.39 Å². The SMILES string of the molecule is CC(C)(C)c1cc(CCC2(CN)CCC2)cc(Cl)c1F. The Balaban J connectivity index is 2.18. The van der Waals surface area contributed by atoms with Gasteiger partial charge in [0.15, 0.2) is 0 Å². The van der Waals surface area contributed by atoms with Crippen LogP contribution in [0.4, 0.5) is 4.39 Å². The number of nitrogens with two attached hydrogens (primary N) is 1. The van der Waals surface area contributed by atoms with E-state index < -0.39 is 0 Å². The Hall–Kier alpha value is -0.600. The molecule has 0 unspecified atom stereocenters. The van der Waals surface area contributed by atoms with E-state index >= 15 is 0 Å². The van der Waals surface area contributed by atoms with Gasteiger partial charge in [-0.2, -0.15) is 0 Å². The summed E-state index contributed by atoms with van der Waals surface area (Å²) in [4.78, 5) is 0. The molecule has 1 nitrogen and oxygen atoms in total. The fourth-order valence-electron chi connectivity index (χ4n) is 2.98. The molecule has 0 spiro atoms. The smallest absolute Gasteiger partial charge is 0.145 e. The van der Waals surface area contributed by atoms with E-state index in [1.54, 1.807) is 6.07 Å². The number of benzene rings is 1. The molecule has 1 saturated carbocycles. The Kier molecular flexibility index (Phi) is 4.46. The molecule has 0 aromatic heterocycles. The highest BCUT2D eigenvalue weighted by Gasteiger charge is 2.35. The van der Waals surface area contributed by atoms with Gasteiger partial charge >= 0.3 is 0 Å². The van der Waals surface area contributed by atoms with Crippen LogP contribution in [0.15, 0.2) is 12.1 Å². The summed E-state index contributed by atoms with van der Waals surface area (Å²) in [6.45, 7) is 6.80. The third-order valence-corrected chi connectivity index (χ3v) is 4.96. The van der Waals surface area contributed by atoms with Crippen LogP contribution in [0.2, 0.25) is 5.02 Å². The van der Waals surface area contributed by atoms with Crippen molar-refractivity contribution in [3.8, 4) is 0 Å². The zero-order chi connectivity index (χ0) is 15.0. The quantitative estimate of drug-likeness (QED) is 0.845. The molecule has 2 N–H and O–H groups in total. The standard InChI is InChI=1S/C17H25ClFN/c1-16(2,3)13-9-12(10-14(18)15(13)19)5-8-17(11-20)6-4-7-17/h9-10H,4-8,11,20H2,1-3H3. The van der Waals surface area contributed by atoms with E-state index in [4.69, 9.17) is 17.3 Å². The van der Waals surface area contributed by atoms with Crippen molar-refractivity contribution in [2.24, 2.45) is 11.1 Å². The van der Waals surface area contributed by atoms with Crippen molar-refractivity contribution >= 4 is 11.6 Å². The van der Waals surface area contributed by atoms with Gasteiger partial charge < -0.3 is 5.73 Å². The molecule has 2 rings (SSSR count). The Labute approximate surface area is 126 Å². The summed E-state index contributed by atoms with van der Waals surface area (Å²) >= 11 is 6.06. The Morgan fingerprint density at radius 2 is 1.95 bits per heavy atom. The van der Waals surface area contributed by atoms with Crippen LogP contribution in [0.5, 0.6) is 0 Å². The van der Waals surface area contributed by atoms with Crippen LogP contribution < -0.4 is 5.73 Å². The summed E-state index contributed by atoms with van der Waals surface area (Å²) in [5.41, 5.74) is 7.82. The van der Waals surface area contributed by atoms with E-state index in [0.29, 0.717) is 11.0 Å². The van der Waals surface area contributed by atoms with Gasteiger partial charge in [0.05, 0.1) is 5.02 Å². The first kappa shape index (κ1) is 15.8. The summed E-state index contributed by atoms with van der Waals surface area (Å²) in [7, 11) is 0. The molecule has 1 aromatic rings. The molecule has 1 aliphatic rings. The van der Waals surface area contributed by atoms with Gasteiger partial charge in [-0.15, -0.1) is 0 Å². The third-order valence-electron chi connectivity index (χ3n) is 4.69. The van der Waals surface area contributed by atoms with Gasteiger partial charge in [-0.25, -0.2) is 4.39 Å². The maximum atomic E-state index is 14.1. The Morgan fingerprint density at radius 1 is 1.30 bits per heavy atom. The van der Waals surface area contributed by atoms with Gasteiger partial charge in [0.1, 0.15) is 5.82 Å². The van der Waals surface area contributed by atoms with Gasteiger partial charge in [-0.05, 0) is 60.3 Å². The van der Waals surface area contributed by atoms with Gasteiger partial charge in [0, 0.05) is 0 Å². The molecule has 0 aliphatic heterocycles. The van der Waals surface area contributed by atoms with Crippen LogP contribution in [0.1, 0.15) is 57.6 Å². The summed E-state index contributed by atoms with van der Waals surface area (Å²) in [6, 6.07) is 3.75. The van der Waals surface area contributed by atoms with E-state index in [-0.39, 0.29) is 16.3 Å². The fraction of sp³-hybridized carbons (Fsp3) is 0.647. The lowest BCUT2D eigenvalue weighted by Gasteiger charge is -2.41. The number of hydrogen-bond acceptors (Lipinski definition) is 1. The van der Waals surface area contributed by atoms with Crippen LogP contribution in [-0.2, 0) is 11.8 Å². The summed E-state index contributed by atoms with van der Waals surface area (Å²) in [5, 5.41) is 0.239. The summed E-state index contributed by atoms with van der Waals surface area (Å²) in [5.74, 6) is -0.278. The molecule has 0 amide bonds. The van der Waals surface area contributed by atoms with Gasteiger partial charge in [-0.3, -0.25) is 0 Å². The minimum absolute atomic E-state index is 0.230. The predicted molar refractivity (Wildman–Crippen MR) is 83.8 cm³/mol. The summed E-state index contributed by atoms with van der Waals surface area (Å²) < 4.78 is 14.1. The van der Waals surface area contributed by atoms with E-state index in [0.717, 1.165) is 24.9 Å². The molecule has 0 bridgehead atoms. The molecule has 1 aliphatic carbocycles. The highest BCUT2D eigenvalue weighted by atomic mass is 35.5. The van der Waals surface area contributed by atoms with E-state index in [1.165, 1.54) is 19.3 Å². The lowest BCUT2D eigenvalue weighted by molar-refractivity contribution is 0.131. The highest BCUT2D eigenvalue weighted by molar-refractivity contribution is 6.30. The number of aryl methyl sites for hydroxylation is 1. The minimum atomic E-state index is -0.278. The Bertz CT molecular complexity index is 481. The molecule has 1 fully saturated rings. The maximum absolute atomic E-state index is 14.1. The molecule has 0 atom stereocenters. The van der Waals surface area contributed by atoms with Crippen LogP contribution in [-0.4, -0.2) is 6.54 Å². The average molecular weight is 298 g/mol. The van der Waals surface area contributed by atoms with Crippen molar-refractivity contribution in [3.63, 3.8) is 0 Å². The van der Waals surface area contributed by atoms with Crippen LogP contribution in [0.25, 0.3) is 0 Å². The van der Waals surface area contributed by atoms with Crippen molar-refractivity contribution in [2.45, 2.75) is 58.3 Å². The van der Waals surface area contributed by atoms with Crippen LogP contribution in [0, 0.1) is 11.2 Å². The lowest BCUT2D eigenvalue weighted by atomic mass is 9.66. The molecule has 0 heterocycles. The fourth-order valence-corrected chi connectivity index (χ4v) is 3.22. The lowest BCUT2D eigenvalue weighted by Crippen LogP contribution is -2.37. The maximum Gasteiger partial charge on any atom is 0.145 e. The van der Waals surface area contributed by atoms with E-state index in [2.05, 4.69) is 0 Å². The van der Waals surface area contributed by atoms with E-state index in [1.807, 2.05) is 26.8 Å². The molecule has 3 heteroatoms. The van der Waals surface area contributed by atoms with Crippen molar-refractivity contribution in [2.75, 3.05) is 6.54 Å². The zero-order valence-corrected chi connectivity index (χ0v) is 13.5. The van der Waals surface area contributed by atoms with Gasteiger partial charge in [0.2, 0.25) is 0 Å². The molecule has 0 saturated heterocycles. The third kappa shape index (κ3) is 3.17. The molecule has 112 valence electrons. The second kappa shape index (κ2) is 5.65. The average Bonchev–Trinajstić information content (AvgIpc) is 2.31. The largest absolute Gasteiger partial charge is 0.330 e. The number of rotatable bonds is 4. The topological polar surface area (TPSA) is 26.0 Å². The number of hydrogen-bond donors (Lipinski definition) is 1. The highest BCUT2D eigenvalue weighted by Crippen LogP contribution is 2.44. The molecule has 1 aromatic carbocycles. The monoisotopic (exact) mass is 297 g/mol. The molecular formula is C17H25ClFN. The first-order chi connectivity index (χ1) is 9.27. The van der Waals surface area contributed by atoms with Crippen LogP contribution in [0.3, 0.4) is 0 Å². The molecule has 0 radical (unpaired) electrons. The zero-order valence-electron chi connectivity index (χ0n) is 12.7. The predicted octanol–water partition coefficient (Wildman–Crippen LogP) is 4.84. The van der Waals surface area contributed by atoms with Gasteiger partial charge in [0.25, 0.3) is 0 Å². The van der Waals surface area contributed by atoms with Crippen molar-refractivity contribution < 1.29 is 4.39 Å². The molecule has 20 heavy (non-hydrogen) atoms. The first-order valence-corrected chi connectivity index (χ1v) is 7.84. The first-order valence-electron chi connectivity index (χ1n) is 7.46.